The van der Waals surface area contributed by atoms with Crippen molar-refractivity contribution in [3.8, 4) is 0 Å². The Balaban J connectivity index is 1.99. The van der Waals surface area contributed by atoms with Gasteiger partial charge in [-0.05, 0) is 23.8 Å². The van der Waals surface area contributed by atoms with Crippen LogP contribution in [0.15, 0.2) is 41.6 Å². The Morgan fingerprint density at radius 1 is 1.42 bits per heavy atom. The van der Waals surface area contributed by atoms with Crippen LogP contribution in [-0.4, -0.2) is 49.4 Å². The second-order valence-electron chi connectivity index (χ2n) is 5.35. The highest BCUT2D eigenvalue weighted by Gasteiger charge is 2.37. The zero-order chi connectivity index (χ0) is 17.2. The minimum absolute atomic E-state index is 0.0243. The minimum atomic E-state index is -3.83. The fourth-order valence-electron chi connectivity index (χ4n) is 2.73. The van der Waals surface area contributed by atoms with Crippen LogP contribution in [0.3, 0.4) is 0 Å². The number of methoxy groups -OCH3 is 1. The quantitative estimate of drug-likeness (QED) is 0.810. The molecule has 9 heteroatoms. The van der Waals surface area contributed by atoms with Crippen molar-refractivity contribution in [2.75, 3.05) is 26.9 Å². The third-order valence-corrected chi connectivity index (χ3v) is 5.74. The van der Waals surface area contributed by atoms with E-state index in [1.54, 1.807) is 12.1 Å². The second-order valence-corrected chi connectivity index (χ2v) is 7.19. The van der Waals surface area contributed by atoms with Gasteiger partial charge in [-0.2, -0.15) is 9.40 Å². The van der Waals surface area contributed by atoms with Crippen LogP contribution in [0.25, 0.3) is 0 Å². The van der Waals surface area contributed by atoms with Crippen molar-refractivity contribution in [1.82, 2.24) is 14.1 Å². The van der Waals surface area contributed by atoms with Crippen molar-refractivity contribution in [3.63, 3.8) is 0 Å². The van der Waals surface area contributed by atoms with Crippen LogP contribution in [0, 0.1) is 5.82 Å². The molecule has 1 aliphatic rings. The Bertz CT molecular complexity index is 809. The molecule has 0 amide bonds. The maximum Gasteiger partial charge on any atom is 0.261 e. The van der Waals surface area contributed by atoms with Gasteiger partial charge in [0.15, 0.2) is 5.03 Å². The molecule has 1 atom stereocenters. The number of benzene rings is 1. The average Bonchev–Trinajstić information content (AvgIpc) is 3.04. The summed E-state index contributed by atoms with van der Waals surface area (Å²) in [4.78, 5) is 0. The molecule has 0 radical (unpaired) electrons. The summed E-state index contributed by atoms with van der Waals surface area (Å²) < 4.78 is 52.7. The number of hydrogen-bond donors (Lipinski definition) is 0. The topological polar surface area (TPSA) is 73.7 Å². The first-order valence-corrected chi connectivity index (χ1v) is 8.84. The van der Waals surface area contributed by atoms with Crippen LogP contribution < -0.4 is 0 Å². The Labute approximate surface area is 139 Å². The van der Waals surface area contributed by atoms with Gasteiger partial charge in [0, 0.05) is 13.7 Å². The molecule has 0 aliphatic carbocycles. The standard InChI is InChI=1S/C15H18FN3O4S/c1-22-11-18-15(5-6-17-18)24(20,21)19-7-8-23-10-14(19)12-3-2-4-13(16)9-12/h2-6,9,14H,7-8,10-11H2,1H3/t14-/m0/s1. The summed E-state index contributed by atoms with van der Waals surface area (Å²) in [5.74, 6) is -0.417. The fourth-order valence-corrected chi connectivity index (χ4v) is 4.40. The summed E-state index contributed by atoms with van der Waals surface area (Å²) in [6.07, 6.45) is 1.41. The molecule has 7 nitrogen and oxygen atoms in total. The van der Waals surface area contributed by atoms with Crippen LogP contribution in [0.4, 0.5) is 4.39 Å². The van der Waals surface area contributed by atoms with Crippen LogP contribution in [0.5, 0.6) is 0 Å². The number of sulfonamides is 1. The van der Waals surface area contributed by atoms with Gasteiger partial charge >= 0.3 is 0 Å². The predicted molar refractivity (Wildman–Crippen MR) is 83.1 cm³/mol. The maximum absolute atomic E-state index is 13.5. The van der Waals surface area contributed by atoms with Crippen molar-refractivity contribution < 1.29 is 22.3 Å². The first kappa shape index (κ1) is 17.0. The number of morpholine rings is 1. The van der Waals surface area contributed by atoms with Gasteiger partial charge < -0.3 is 9.47 Å². The molecule has 1 aliphatic heterocycles. The van der Waals surface area contributed by atoms with E-state index in [9.17, 15) is 12.8 Å². The smallest absolute Gasteiger partial charge is 0.261 e. The van der Waals surface area contributed by atoms with Crippen molar-refractivity contribution in [1.29, 1.82) is 0 Å². The van der Waals surface area contributed by atoms with E-state index in [1.807, 2.05) is 0 Å². The molecule has 2 heterocycles. The lowest BCUT2D eigenvalue weighted by Gasteiger charge is -2.34. The van der Waals surface area contributed by atoms with E-state index in [4.69, 9.17) is 9.47 Å². The van der Waals surface area contributed by atoms with Crippen LogP contribution >= 0.6 is 0 Å². The molecule has 0 N–H and O–H groups in total. The van der Waals surface area contributed by atoms with E-state index in [2.05, 4.69) is 5.10 Å². The SMILES string of the molecule is COCn1nccc1S(=O)(=O)N1CCOC[C@H]1c1cccc(F)c1. The number of hydrogen-bond acceptors (Lipinski definition) is 5. The molecular weight excluding hydrogens is 337 g/mol. The summed E-state index contributed by atoms with van der Waals surface area (Å²) in [5, 5.41) is 4.01. The summed E-state index contributed by atoms with van der Waals surface area (Å²) in [7, 11) is -2.37. The minimum Gasteiger partial charge on any atom is -0.378 e. The number of ether oxygens (including phenoxy) is 2. The molecule has 1 aromatic carbocycles. The van der Waals surface area contributed by atoms with E-state index in [-0.39, 0.29) is 31.5 Å². The van der Waals surface area contributed by atoms with Crippen molar-refractivity contribution in [3.05, 3.63) is 47.9 Å². The third kappa shape index (κ3) is 3.20. The molecule has 0 saturated carbocycles. The molecule has 1 aromatic heterocycles. The summed E-state index contributed by atoms with van der Waals surface area (Å²) in [6, 6.07) is 6.72. The fraction of sp³-hybridized carbons (Fsp3) is 0.400. The summed E-state index contributed by atoms with van der Waals surface area (Å²) >= 11 is 0. The van der Waals surface area contributed by atoms with E-state index < -0.39 is 21.9 Å². The first-order valence-electron chi connectivity index (χ1n) is 7.40. The van der Waals surface area contributed by atoms with Gasteiger partial charge in [0.2, 0.25) is 0 Å². The molecule has 24 heavy (non-hydrogen) atoms. The average molecular weight is 355 g/mol. The third-order valence-electron chi connectivity index (χ3n) is 3.81. The van der Waals surface area contributed by atoms with Gasteiger partial charge in [0.05, 0.1) is 25.5 Å². The van der Waals surface area contributed by atoms with E-state index in [0.717, 1.165) is 0 Å². The van der Waals surface area contributed by atoms with Crippen molar-refractivity contribution in [2.45, 2.75) is 17.8 Å². The number of aromatic nitrogens is 2. The number of rotatable bonds is 5. The van der Waals surface area contributed by atoms with Gasteiger partial charge in [0.1, 0.15) is 12.5 Å². The maximum atomic E-state index is 13.5. The van der Waals surface area contributed by atoms with Crippen molar-refractivity contribution in [2.24, 2.45) is 0 Å². The van der Waals surface area contributed by atoms with E-state index >= 15 is 0 Å². The van der Waals surface area contributed by atoms with Gasteiger partial charge in [-0.1, -0.05) is 12.1 Å². The Morgan fingerprint density at radius 3 is 3.00 bits per heavy atom. The van der Waals surface area contributed by atoms with Gasteiger partial charge in [-0.3, -0.25) is 0 Å². The lowest BCUT2D eigenvalue weighted by molar-refractivity contribution is 0.0313. The van der Waals surface area contributed by atoms with Crippen LogP contribution in [-0.2, 0) is 26.2 Å². The van der Waals surface area contributed by atoms with E-state index in [1.165, 1.54) is 40.5 Å². The highest BCUT2D eigenvalue weighted by molar-refractivity contribution is 7.89. The van der Waals surface area contributed by atoms with Gasteiger partial charge in [-0.15, -0.1) is 0 Å². The van der Waals surface area contributed by atoms with E-state index in [0.29, 0.717) is 5.56 Å². The second kappa shape index (κ2) is 6.98. The zero-order valence-electron chi connectivity index (χ0n) is 13.1. The summed E-state index contributed by atoms with van der Waals surface area (Å²) in [6.45, 7) is 0.656. The molecule has 130 valence electrons. The molecular formula is C15H18FN3O4S. The predicted octanol–water partition coefficient (Wildman–Crippen LogP) is 1.39. The highest BCUT2D eigenvalue weighted by Crippen LogP contribution is 2.30. The van der Waals surface area contributed by atoms with Crippen molar-refractivity contribution >= 4 is 10.0 Å². The molecule has 3 rings (SSSR count). The number of nitrogens with zero attached hydrogens (tertiary/aromatic N) is 3. The summed E-state index contributed by atoms with van der Waals surface area (Å²) in [5.41, 5.74) is 0.552. The normalized spacial score (nSPS) is 19.5. The van der Waals surface area contributed by atoms with Gasteiger partial charge in [0.25, 0.3) is 10.0 Å². The molecule has 1 saturated heterocycles. The Hall–Kier alpha value is -1.81. The Kier molecular flexibility index (Phi) is 4.95. The largest absolute Gasteiger partial charge is 0.378 e. The van der Waals surface area contributed by atoms with Gasteiger partial charge in [-0.25, -0.2) is 17.5 Å². The zero-order valence-corrected chi connectivity index (χ0v) is 13.9. The molecule has 0 bridgehead atoms. The highest BCUT2D eigenvalue weighted by atomic mass is 32.2. The monoisotopic (exact) mass is 355 g/mol. The Morgan fingerprint density at radius 2 is 2.25 bits per heavy atom. The lowest BCUT2D eigenvalue weighted by atomic mass is 10.1. The molecule has 2 aromatic rings. The first-order chi connectivity index (χ1) is 11.5. The van der Waals surface area contributed by atoms with Crippen LogP contribution in [0.1, 0.15) is 11.6 Å². The lowest BCUT2D eigenvalue weighted by Crippen LogP contribution is -2.44. The van der Waals surface area contributed by atoms with Crippen LogP contribution in [0.2, 0.25) is 0 Å². The molecule has 1 fully saturated rings. The molecule has 0 spiro atoms. The molecule has 0 unspecified atom stereocenters. The number of halogens is 1.